The number of carboxylic acids is 1. The number of aromatic nitrogens is 1. The van der Waals surface area contributed by atoms with E-state index in [2.05, 4.69) is 16.4 Å². The number of carboxylic acid groups (broad SMARTS) is 1. The maximum absolute atomic E-state index is 13.0. The second kappa shape index (κ2) is 7.24. The van der Waals surface area contributed by atoms with E-state index in [1.807, 2.05) is 0 Å². The number of carbonyl (C=O) groups is 2. The van der Waals surface area contributed by atoms with E-state index in [-0.39, 0.29) is 16.9 Å². The van der Waals surface area contributed by atoms with Crippen molar-refractivity contribution in [2.45, 2.75) is 32.1 Å². The Hall–Kier alpha value is -2.66. The lowest BCUT2D eigenvalue weighted by Gasteiger charge is -2.52. The molecule has 5 nitrogen and oxygen atoms in total. The predicted molar refractivity (Wildman–Crippen MR) is 115 cm³/mol. The number of aromatic carboxylic acids is 1. The number of benzene rings is 1. The average molecular weight is 423 g/mol. The number of rotatable bonds is 5. The van der Waals surface area contributed by atoms with Crippen LogP contribution in [0.5, 0.6) is 0 Å². The molecule has 6 rings (SSSR count). The number of hydrogen-bond acceptors (Lipinski definition) is 3. The number of hydrogen-bond donors (Lipinski definition) is 2. The summed E-state index contributed by atoms with van der Waals surface area (Å²) in [4.78, 5) is 28.2. The molecular formula is C24H23ClN2O3. The second-order valence-electron chi connectivity index (χ2n) is 9.12. The van der Waals surface area contributed by atoms with Gasteiger partial charge in [-0.3, -0.25) is 9.78 Å². The van der Waals surface area contributed by atoms with E-state index in [4.69, 9.17) is 11.6 Å². The van der Waals surface area contributed by atoms with Gasteiger partial charge >= 0.3 is 5.97 Å². The minimum atomic E-state index is -1.04. The largest absolute Gasteiger partial charge is 0.478 e. The summed E-state index contributed by atoms with van der Waals surface area (Å²) < 4.78 is 0. The lowest BCUT2D eigenvalue weighted by atomic mass is 9.53. The molecule has 0 saturated heterocycles. The van der Waals surface area contributed by atoms with E-state index in [1.54, 1.807) is 36.0 Å². The summed E-state index contributed by atoms with van der Waals surface area (Å²) in [6, 6.07) is 6.70. The van der Waals surface area contributed by atoms with Crippen molar-refractivity contribution >= 4 is 23.5 Å². The van der Waals surface area contributed by atoms with Gasteiger partial charge in [0.1, 0.15) is 0 Å². The molecule has 3 atom stereocenters. The monoisotopic (exact) mass is 422 g/mol. The summed E-state index contributed by atoms with van der Waals surface area (Å²) >= 11 is 6.34. The Morgan fingerprint density at radius 3 is 2.83 bits per heavy atom. The molecule has 0 spiro atoms. The summed E-state index contributed by atoms with van der Waals surface area (Å²) in [6.45, 7) is 0.673. The van der Waals surface area contributed by atoms with Gasteiger partial charge in [-0.05, 0) is 73.1 Å². The zero-order chi connectivity index (χ0) is 20.9. The van der Waals surface area contributed by atoms with Gasteiger partial charge in [-0.1, -0.05) is 29.3 Å². The minimum Gasteiger partial charge on any atom is -0.478 e. The topological polar surface area (TPSA) is 79.3 Å². The Morgan fingerprint density at radius 2 is 2.07 bits per heavy atom. The van der Waals surface area contributed by atoms with Crippen molar-refractivity contribution in [2.24, 2.45) is 17.3 Å². The van der Waals surface area contributed by atoms with Crippen molar-refractivity contribution in [3.05, 3.63) is 64.5 Å². The van der Waals surface area contributed by atoms with E-state index in [9.17, 15) is 14.7 Å². The maximum atomic E-state index is 13.0. The third-order valence-electron chi connectivity index (χ3n) is 6.83. The molecule has 3 unspecified atom stereocenters. The van der Waals surface area contributed by atoms with Gasteiger partial charge in [0.05, 0.1) is 16.1 Å². The molecule has 2 fully saturated rings. The molecule has 1 heterocycles. The predicted octanol–water partition coefficient (Wildman–Crippen LogP) is 4.97. The third-order valence-corrected chi connectivity index (χ3v) is 7.16. The van der Waals surface area contributed by atoms with Crippen molar-refractivity contribution < 1.29 is 14.7 Å². The van der Waals surface area contributed by atoms with Gasteiger partial charge < -0.3 is 10.4 Å². The van der Waals surface area contributed by atoms with Crippen LogP contribution in [0, 0.1) is 17.3 Å². The van der Waals surface area contributed by atoms with E-state index >= 15 is 0 Å². The van der Waals surface area contributed by atoms with E-state index in [0.717, 1.165) is 18.8 Å². The zero-order valence-corrected chi connectivity index (χ0v) is 17.3. The summed E-state index contributed by atoms with van der Waals surface area (Å²) in [5, 5.41) is 12.7. The highest BCUT2D eigenvalue weighted by Crippen LogP contribution is 2.56. The zero-order valence-electron chi connectivity index (χ0n) is 16.5. The van der Waals surface area contributed by atoms with Crippen LogP contribution in [0.15, 0.2) is 48.3 Å². The normalized spacial score (nSPS) is 26.4. The second-order valence-corrected chi connectivity index (χ2v) is 9.53. The minimum absolute atomic E-state index is 0.101. The van der Waals surface area contributed by atoms with Crippen LogP contribution in [-0.4, -0.2) is 28.5 Å². The highest BCUT2D eigenvalue weighted by molar-refractivity contribution is 6.34. The van der Waals surface area contributed by atoms with Crippen LogP contribution < -0.4 is 5.32 Å². The smallest absolute Gasteiger partial charge is 0.337 e. The Bertz CT molecular complexity index is 1080. The SMILES string of the molecule is O=C(O)c1cncc(-c2ccc(Cl)c(C(=O)NCC34CC5=CC(CC(C5)C3)C4)c2)c1. The highest BCUT2D eigenvalue weighted by Gasteiger charge is 2.47. The lowest BCUT2D eigenvalue weighted by molar-refractivity contribution is 0.0581. The summed E-state index contributed by atoms with van der Waals surface area (Å²) in [5.74, 6) is 0.227. The number of carbonyl (C=O) groups excluding carboxylic acids is 1. The quantitative estimate of drug-likeness (QED) is 0.667. The van der Waals surface area contributed by atoms with Crippen LogP contribution in [0.4, 0.5) is 0 Å². The first-order valence-corrected chi connectivity index (χ1v) is 10.7. The summed E-state index contributed by atoms with van der Waals surface area (Å²) in [6.07, 6.45) is 11.4. The lowest BCUT2D eigenvalue weighted by Crippen LogP contribution is -2.47. The molecule has 1 amide bonds. The molecule has 4 aliphatic rings. The average Bonchev–Trinajstić information content (AvgIpc) is 2.71. The summed E-state index contributed by atoms with van der Waals surface area (Å²) in [7, 11) is 0. The van der Waals surface area contributed by atoms with Crippen molar-refractivity contribution in [3.8, 4) is 11.1 Å². The molecular weight excluding hydrogens is 400 g/mol. The molecule has 1 aromatic carbocycles. The Morgan fingerprint density at radius 1 is 1.20 bits per heavy atom. The van der Waals surface area contributed by atoms with Crippen molar-refractivity contribution in [2.75, 3.05) is 6.54 Å². The molecule has 0 radical (unpaired) electrons. The first-order valence-electron chi connectivity index (χ1n) is 10.4. The van der Waals surface area contributed by atoms with Crippen molar-refractivity contribution in [3.63, 3.8) is 0 Å². The summed E-state index contributed by atoms with van der Waals surface area (Å²) in [5.41, 5.74) is 3.61. The molecule has 2 aromatic rings. The molecule has 4 aliphatic carbocycles. The van der Waals surface area contributed by atoms with Gasteiger partial charge in [0, 0.05) is 24.5 Å². The first-order chi connectivity index (χ1) is 14.4. The van der Waals surface area contributed by atoms with Gasteiger partial charge in [0.25, 0.3) is 5.91 Å². The van der Waals surface area contributed by atoms with E-state index < -0.39 is 5.97 Å². The number of pyridine rings is 1. The molecule has 4 bridgehead atoms. The molecule has 0 aliphatic heterocycles. The van der Waals surface area contributed by atoms with Crippen LogP contribution in [0.2, 0.25) is 5.02 Å². The van der Waals surface area contributed by atoms with E-state index in [1.165, 1.54) is 25.5 Å². The standard InChI is InChI=1S/C24H23ClN2O3/c25-21-2-1-17(18-6-19(23(29)30)12-26-11-18)7-20(21)22(28)27-13-24-8-14-3-15(9-24)5-16(4-14)10-24/h1-3,6-7,11-12,14,16H,4-5,8-10,13H2,(H,27,28)(H,29,30). The maximum Gasteiger partial charge on any atom is 0.337 e. The fourth-order valence-corrected chi connectivity index (χ4v) is 6.03. The first kappa shape index (κ1) is 19.3. The van der Waals surface area contributed by atoms with Crippen molar-refractivity contribution in [1.82, 2.24) is 10.3 Å². The van der Waals surface area contributed by atoms with Crippen LogP contribution >= 0.6 is 11.6 Å². The van der Waals surface area contributed by atoms with Gasteiger partial charge in [-0.15, -0.1) is 0 Å². The van der Waals surface area contributed by atoms with Gasteiger partial charge in [-0.2, -0.15) is 0 Å². The Balaban J connectivity index is 1.35. The number of halogens is 1. The van der Waals surface area contributed by atoms with Gasteiger partial charge in [0.2, 0.25) is 0 Å². The number of nitrogens with one attached hydrogen (secondary N) is 1. The van der Waals surface area contributed by atoms with Crippen LogP contribution in [0.25, 0.3) is 11.1 Å². The fourth-order valence-electron chi connectivity index (χ4n) is 5.82. The third kappa shape index (κ3) is 3.52. The number of nitrogens with zero attached hydrogens (tertiary/aromatic N) is 1. The molecule has 2 N–H and O–H groups in total. The number of amides is 1. The molecule has 30 heavy (non-hydrogen) atoms. The molecule has 154 valence electrons. The molecule has 6 heteroatoms. The highest BCUT2D eigenvalue weighted by atomic mass is 35.5. The van der Waals surface area contributed by atoms with Crippen LogP contribution in [0.3, 0.4) is 0 Å². The van der Waals surface area contributed by atoms with Crippen LogP contribution in [0.1, 0.15) is 52.8 Å². The molecule has 1 aromatic heterocycles. The van der Waals surface area contributed by atoms with Gasteiger partial charge in [-0.25, -0.2) is 4.79 Å². The molecule has 2 saturated carbocycles. The number of allylic oxidation sites excluding steroid dienone is 2. The Kier molecular flexibility index (Phi) is 4.66. The van der Waals surface area contributed by atoms with Crippen molar-refractivity contribution in [1.29, 1.82) is 0 Å². The fraction of sp³-hybridized carbons (Fsp3) is 0.375. The Labute approximate surface area is 180 Å². The van der Waals surface area contributed by atoms with Gasteiger partial charge in [0.15, 0.2) is 0 Å². The van der Waals surface area contributed by atoms with E-state index in [0.29, 0.717) is 34.2 Å². The van der Waals surface area contributed by atoms with Crippen LogP contribution in [-0.2, 0) is 0 Å².